The fraction of sp³-hybridized carbons (Fsp3) is 0.348. The average Bonchev–Trinajstić information content (AvgIpc) is 3.14. The molecule has 1 fully saturated rings. The zero-order valence-electron chi connectivity index (χ0n) is 17.9. The van der Waals surface area contributed by atoms with Crippen LogP contribution in [0.1, 0.15) is 32.4 Å². The summed E-state index contributed by atoms with van der Waals surface area (Å²) in [5.41, 5.74) is 1.91. The number of anilines is 1. The lowest BCUT2D eigenvalue weighted by atomic mass is 10.0. The molecule has 32 heavy (non-hydrogen) atoms. The van der Waals surface area contributed by atoms with Crippen molar-refractivity contribution < 1.29 is 23.9 Å². The number of hydrogen-bond acceptors (Lipinski definition) is 6. The van der Waals surface area contributed by atoms with Gasteiger partial charge in [-0.1, -0.05) is 18.2 Å². The Morgan fingerprint density at radius 2 is 1.78 bits per heavy atom. The minimum Gasteiger partial charge on any atom is -0.493 e. The molecule has 166 valence electrons. The van der Waals surface area contributed by atoms with Crippen molar-refractivity contribution in [2.45, 2.75) is 6.17 Å². The molecule has 3 aliphatic rings. The monoisotopic (exact) mass is 453 g/mol. The summed E-state index contributed by atoms with van der Waals surface area (Å²) in [6.07, 6.45) is -0.720. The number of ether oxygens (including phenoxy) is 2. The van der Waals surface area contributed by atoms with E-state index in [1.54, 1.807) is 46.2 Å². The molecule has 3 aliphatic heterocycles. The Morgan fingerprint density at radius 1 is 1.03 bits per heavy atom. The van der Waals surface area contributed by atoms with E-state index >= 15 is 0 Å². The fourth-order valence-corrected chi connectivity index (χ4v) is 5.55. The summed E-state index contributed by atoms with van der Waals surface area (Å²) in [6, 6.07) is 10.5. The van der Waals surface area contributed by atoms with Crippen molar-refractivity contribution in [2.75, 3.05) is 50.3 Å². The number of benzene rings is 2. The van der Waals surface area contributed by atoms with E-state index in [9.17, 15) is 14.4 Å². The van der Waals surface area contributed by atoms with E-state index in [2.05, 4.69) is 0 Å². The summed E-state index contributed by atoms with van der Waals surface area (Å²) in [5, 5.41) is 0. The highest BCUT2D eigenvalue weighted by molar-refractivity contribution is 7.99. The molecule has 2 aromatic carbocycles. The Labute approximate surface area is 190 Å². The number of rotatable bonds is 4. The van der Waals surface area contributed by atoms with Crippen LogP contribution in [0.5, 0.6) is 11.5 Å². The Hall–Kier alpha value is -3.20. The van der Waals surface area contributed by atoms with Crippen LogP contribution in [0.15, 0.2) is 36.4 Å². The summed E-state index contributed by atoms with van der Waals surface area (Å²) in [7, 11) is 3.00. The molecule has 0 radical (unpaired) electrons. The maximum atomic E-state index is 13.6. The molecule has 0 unspecified atom stereocenters. The SMILES string of the molecule is COc1ccc2c(c1OC)C(=O)N1c3ccccc3C(=O)N(CC(=O)N3CCSCC3)[C@H]21. The molecule has 3 heterocycles. The molecule has 5 rings (SSSR count). The van der Waals surface area contributed by atoms with E-state index in [-0.39, 0.29) is 24.3 Å². The van der Waals surface area contributed by atoms with E-state index in [4.69, 9.17) is 9.47 Å². The van der Waals surface area contributed by atoms with Crippen LogP contribution in [0.3, 0.4) is 0 Å². The average molecular weight is 454 g/mol. The third-order valence-corrected chi connectivity index (χ3v) is 7.10. The van der Waals surface area contributed by atoms with Crippen LogP contribution < -0.4 is 14.4 Å². The predicted molar refractivity (Wildman–Crippen MR) is 120 cm³/mol. The summed E-state index contributed by atoms with van der Waals surface area (Å²) < 4.78 is 10.9. The van der Waals surface area contributed by atoms with E-state index < -0.39 is 6.17 Å². The minimum absolute atomic E-state index is 0.0972. The summed E-state index contributed by atoms with van der Waals surface area (Å²) in [4.78, 5) is 45.1. The van der Waals surface area contributed by atoms with Crippen molar-refractivity contribution >= 4 is 35.2 Å². The Bertz CT molecular complexity index is 1110. The van der Waals surface area contributed by atoms with Crippen LogP contribution in [-0.4, -0.2) is 72.9 Å². The van der Waals surface area contributed by atoms with Gasteiger partial charge in [-0.15, -0.1) is 0 Å². The third-order valence-electron chi connectivity index (χ3n) is 6.15. The first-order valence-electron chi connectivity index (χ1n) is 10.4. The lowest BCUT2D eigenvalue weighted by Crippen LogP contribution is -2.52. The second kappa shape index (κ2) is 8.05. The van der Waals surface area contributed by atoms with Gasteiger partial charge in [-0.2, -0.15) is 11.8 Å². The highest BCUT2D eigenvalue weighted by Gasteiger charge is 2.50. The van der Waals surface area contributed by atoms with Crippen molar-refractivity contribution in [2.24, 2.45) is 0 Å². The number of amides is 3. The minimum atomic E-state index is -0.720. The molecule has 8 nitrogen and oxygen atoms in total. The number of carbonyl (C=O) groups excluding carboxylic acids is 3. The van der Waals surface area contributed by atoms with Gasteiger partial charge in [0.05, 0.1) is 31.0 Å². The molecule has 0 saturated carbocycles. The van der Waals surface area contributed by atoms with E-state index in [0.29, 0.717) is 47.0 Å². The summed E-state index contributed by atoms with van der Waals surface area (Å²) >= 11 is 1.81. The van der Waals surface area contributed by atoms with Gasteiger partial charge in [0.2, 0.25) is 5.91 Å². The fourth-order valence-electron chi connectivity index (χ4n) is 4.64. The standard InChI is InChI=1S/C23H23N3O5S/c1-30-17-8-7-15-19(20(17)31-2)23(29)26-16-6-4-3-5-14(16)22(28)25(21(15)26)13-18(27)24-9-11-32-12-10-24/h3-8,21H,9-13H2,1-2H3/t21-/m0/s1. The van der Waals surface area contributed by atoms with Crippen molar-refractivity contribution in [3.63, 3.8) is 0 Å². The van der Waals surface area contributed by atoms with Gasteiger partial charge in [0.25, 0.3) is 11.8 Å². The summed E-state index contributed by atoms with van der Waals surface area (Å²) in [6.45, 7) is 1.23. The maximum absolute atomic E-state index is 13.6. The van der Waals surface area contributed by atoms with E-state index in [1.165, 1.54) is 19.1 Å². The quantitative estimate of drug-likeness (QED) is 0.707. The lowest BCUT2D eigenvalue weighted by molar-refractivity contribution is -0.132. The number of hydrogen-bond donors (Lipinski definition) is 0. The first-order chi connectivity index (χ1) is 15.6. The van der Waals surface area contributed by atoms with Crippen molar-refractivity contribution in [1.29, 1.82) is 0 Å². The first-order valence-corrected chi connectivity index (χ1v) is 11.6. The van der Waals surface area contributed by atoms with Crippen LogP contribution in [0.4, 0.5) is 5.69 Å². The third kappa shape index (κ3) is 3.02. The van der Waals surface area contributed by atoms with Gasteiger partial charge in [0.15, 0.2) is 11.5 Å². The molecule has 1 saturated heterocycles. The van der Waals surface area contributed by atoms with Crippen molar-refractivity contribution in [3.8, 4) is 11.5 Å². The lowest BCUT2D eigenvalue weighted by Gasteiger charge is -2.41. The van der Waals surface area contributed by atoms with Gasteiger partial charge in [0.1, 0.15) is 12.7 Å². The van der Waals surface area contributed by atoms with Crippen molar-refractivity contribution in [1.82, 2.24) is 9.80 Å². The second-order valence-corrected chi connectivity index (χ2v) is 8.98. The molecule has 2 aromatic rings. The molecule has 0 aromatic heterocycles. The molecule has 3 amide bonds. The molecule has 1 atom stereocenters. The number of methoxy groups -OCH3 is 2. The molecule has 9 heteroatoms. The number of fused-ring (bicyclic) bond motifs is 5. The van der Waals surface area contributed by atoms with E-state index in [0.717, 1.165) is 11.5 Å². The molecular weight excluding hydrogens is 430 g/mol. The predicted octanol–water partition coefficient (Wildman–Crippen LogP) is 2.39. The smallest absolute Gasteiger partial charge is 0.264 e. The Kier molecular flexibility index (Phi) is 5.21. The highest BCUT2D eigenvalue weighted by atomic mass is 32.2. The van der Waals surface area contributed by atoms with Gasteiger partial charge >= 0.3 is 0 Å². The zero-order chi connectivity index (χ0) is 22.4. The van der Waals surface area contributed by atoms with Gasteiger partial charge in [-0.3, -0.25) is 19.3 Å². The maximum Gasteiger partial charge on any atom is 0.264 e. The normalized spacial score (nSPS) is 19.4. The molecule has 0 N–H and O–H groups in total. The molecule has 0 aliphatic carbocycles. The topological polar surface area (TPSA) is 79.4 Å². The Balaban J connectivity index is 1.62. The van der Waals surface area contributed by atoms with E-state index in [1.807, 2.05) is 11.8 Å². The van der Waals surface area contributed by atoms with Gasteiger partial charge in [-0.05, 0) is 18.2 Å². The molecule has 0 spiro atoms. The number of nitrogens with zero attached hydrogens (tertiary/aromatic N) is 3. The molecule has 0 bridgehead atoms. The van der Waals surface area contributed by atoms with Crippen LogP contribution in [0, 0.1) is 0 Å². The van der Waals surface area contributed by atoms with Gasteiger partial charge in [-0.25, -0.2) is 0 Å². The first kappa shape index (κ1) is 20.7. The zero-order valence-corrected chi connectivity index (χ0v) is 18.7. The van der Waals surface area contributed by atoms with Gasteiger partial charge < -0.3 is 19.3 Å². The largest absolute Gasteiger partial charge is 0.493 e. The number of para-hydroxylation sites is 1. The van der Waals surface area contributed by atoms with Crippen LogP contribution >= 0.6 is 11.8 Å². The highest BCUT2D eigenvalue weighted by Crippen LogP contribution is 2.49. The van der Waals surface area contributed by atoms with Crippen LogP contribution in [0.25, 0.3) is 0 Å². The molecular formula is C23H23N3O5S. The van der Waals surface area contributed by atoms with Crippen molar-refractivity contribution in [3.05, 3.63) is 53.1 Å². The summed E-state index contributed by atoms with van der Waals surface area (Å²) in [5.74, 6) is 1.87. The number of carbonyl (C=O) groups is 3. The number of thioether (sulfide) groups is 1. The second-order valence-electron chi connectivity index (χ2n) is 7.76. The van der Waals surface area contributed by atoms with Crippen LogP contribution in [-0.2, 0) is 4.79 Å². The van der Waals surface area contributed by atoms with Gasteiger partial charge in [0, 0.05) is 30.2 Å². The van der Waals surface area contributed by atoms with Crippen LogP contribution in [0.2, 0.25) is 0 Å². The Morgan fingerprint density at radius 3 is 2.50 bits per heavy atom.